The van der Waals surface area contributed by atoms with E-state index < -0.39 is 0 Å². The molecule has 5 rings (SSSR count). The van der Waals surface area contributed by atoms with Crippen LogP contribution in [-0.2, 0) is 29.0 Å². The van der Waals surface area contributed by atoms with Gasteiger partial charge >= 0.3 is 0 Å². The van der Waals surface area contributed by atoms with E-state index in [0.29, 0.717) is 13.1 Å². The summed E-state index contributed by atoms with van der Waals surface area (Å²) in [6, 6.07) is 10.3. The van der Waals surface area contributed by atoms with Crippen LogP contribution in [0.5, 0.6) is 0 Å². The lowest BCUT2D eigenvalue weighted by Crippen LogP contribution is -2.32. The Bertz CT molecular complexity index is 950. The van der Waals surface area contributed by atoms with Gasteiger partial charge in [0.05, 0.1) is 5.92 Å². The lowest BCUT2D eigenvalue weighted by Gasteiger charge is -2.18. The molecule has 1 atom stereocenters. The molecule has 2 fully saturated rings. The molecule has 1 aromatic heterocycles. The van der Waals surface area contributed by atoms with Gasteiger partial charge in [-0.3, -0.25) is 9.59 Å². The summed E-state index contributed by atoms with van der Waals surface area (Å²) in [5.41, 5.74) is 4.64. The maximum atomic E-state index is 12.7. The van der Waals surface area contributed by atoms with Gasteiger partial charge in [-0.2, -0.15) is 0 Å². The monoisotopic (exact) mass is 404 g/mol. The minimum atomic E-state index is -0.303. The Balaban J connectivity index is 1.17. The summed E-state index contributed by atoms with van der Waals surface area (Å²) in [5.74, 6) is 0.678. The summed E-state index contributed by atoms with van der Waals surface area (Å²) < 4.78 is 0. The van der Waals surface area contributed by atoms with Gasteiger partial charge in [0.2, 0.25) is 11.8 Å². The van der Waals surface area contributed by atoms with Gasteiger partial charge in [-0.25, -0.2) is 4.98 Å². The number of anilines is 2. The third-order valence-electron chi connectivity index (χ3n) is 6.60. The quantitative estimate of drug-likeness (QED) is 0.832. The van der Waals surface area contributed by atoms with Crippen LogP contribution in [0.4, 0.5) is 11.5 Å². The van der Waals surface area contributed by atoms with Crippen LogP contribution in [-0.4, -0.2) is 36.4 Å². The van der Waals surface area contributed by atoms with E-state index in [1.165, 1.54) is 30.4 Å². The van der Waals surface area contributed by atoms with E-state index in [1.54, 1.807) is 4.90 Å². The predicted octanol–water partition coefficient (Wildman–Crippen LogP) is 2.84. The van der Waals surface area contributed by atoms with Gasteiger partial charge in [-0.05, 0) is 67.0 Å². The second kappa shape index (κ2) is 8.09. The van der Waals surface area contributed by atoms with Crippen LogP contribution in [0.15, 0.2) is 36.5 Å². The number of carbonyl (C=O) groups excluding carboxylic acids is 2. The first-order valence-electron chi connectivity index (χ1n) is 11.1. The van der Waals surface area contributed by atoms with Gasteiger partial charge in [-0.15, -0.1) is 0 Å². The van der Waals surface area contributed by atoms with Gasteiger partial charge in [0.15, 0.2) is 0 Å². The zero-order valence-corrected chi connectivity index (χ0v) is 17.3. The maximum absolute atomic E-state index is 12.7. The molecule has 1 aromatic carbocycles. The molecule has 2 aromatic rings. The topological polar surface area (TPSA) is 65.5 Å². The average molecular weight is 405 g/mol. The Morgan fingerprint density at radius 2 is 1.90 bits per heavy atom. The van der Waals surface area contributed by atoms with Crippen molar-refractivity contribution in [2.24, 2.45) is 5.92 Å². The number of benzene rings is 1. The van der Waals surface area contributed by atoms with Gasteiger partial charge in [-0.1, -0.05) is 12.1 Å². The second-order valence-electron chi connectivity index (χ2n) is 8.65. The molecule has 6 heteroatoms. The number of hydrogen-bond acceptors (Lipinski definition) is 4. The van der Waals surface area contributed by atoms with Crippen molar-refractivity contribution in [2.75, 3.05) is 29.4 Å². The van der Waals surface area contributed by atoms with Gasteiger partial charge in [0.1, 0.15) is 5.82 Å². The molecule has 2 amide bonds. The minimum absolute atomic E-state index is 0.0322. The van der Waals surface area contributed by atoms with Gasteiger partial charge < -0.3 is 15.1 Å². The molecule has 156 valence electrons. The molecule has 0 bridgehead atoms. The van der Waals surface area contributed by atoms with E-state index in [-0.39, 0.29) is 24.2 Å². The van der Waals surface area contributed by atoms with Gasteiger partial charge in [0, 0.05) is 44.5 Å². The third kappa shape index (κ3) is 3.78. The highest BCUT2D eigenvalue weighted by molar-refractivity contribution is 6.00. The summed E-state index contributed by atoms with van der Waals surface area (Å²) in [7, 11) is 0. The molecule has 1 unspecified atom stereocenters. The van der Waals surface area contributed by atoms with Crippen LogP contribution < -0.4 is 15.1 Å². The van der Waals surface area contributed by atoms with Crippen molar-refractivity contribution in [3.8, 4) is 0 Å². The average Bonchev–Trinajstić information content (AvgIpc) is 3.52. The molecule has 30 heavy (non-hydrogen) atoms. The number of hydrogen-bond donors (Lipinski definition) is 1. The lowest BCUT2D eigenvalue weighted by atomic mass is 10.1. The third-order valence-corrected chi connectivity index (χ3v) is 6.60. The molecule has 3 aliphatic rings. The molecule has 6 nitrogen and oxygen atoms in total. The number of nitrogens with zero attached hydrogens (tertiary/aromatic N) is 3. The van der Waals surface area contributed by atoms with Crippen molar-refractivity contribution < 1.29 is 9.59 Å². The molecular formula is C24H28N4O2. The number of aromatic nitrogens is 1. The van der Waals surface area contributed by atoms with Crippen molar-refractivity contribution in [2.45, 2.75) is 45.1 Å². The van der Waals surface area contributed by atoms with E-state index >= 15 is 0 Å². The first-order valence-corrected chi connectivity index (χ1v) is 11.1. The van der Waals surface area contributed by atoms with E-state index in [9.17, 15) is 9.59 Å². The standard InChI is InChI=1S/C24H28N4O2/c29-23-13-20(16-28(23)21-8-7-18-4-3-5-19(18)12-21)24(30)26-15-17-6-9-22(25-14-17)27-10-1-2-11-27/h6-9,12,14,20H,1-5,10-11,13,15-16H2,(H,26,30). The molecular weight excluding hydrogens is 376 g/mol. The SMILES string of the molecule is O=C(NCc1ccc(N2CCCC2)nc1)C1CC(=O)N(c2ccc3c(c2)CCC3)C1. The van der Waals surface area contributed by atoms with E-state index in [1.807, 2.05) is 24.4 Å². The van der Waals surface area contributed by atoms with Crippen molar-refractivity contribution >= 4 is 23.3 Å². The second-order valence-corrected chi connectivity index (χ2v) is 8.65. The highest BCUT2D eigenvalue weighted by Crippen LogP contribution is 2.30. The van der Waals surface area contributed by atoms with E-state index in [2.05, 4.69) is 27.3 Å². The van der Waals surface area contributed by atoms with Crippen LogP contribution >= 0.6 is 0 Å². The number of fused-ring (bicyclic) bond motifs is 1. The van der Waals surface area contributed by atoms with E-state index in [4.69, 9.17) is 0 Å². The first-order chi connectivity index (χ1) is 14.7. The maximum Gasteiger partial charge on any atom is 0.227 e. The Hall–Kier alpha value is -2.89. The van der Waals surface area contributed by atoms with Crippen LogP contribution in [0.2, 0.25) is 0 Å². The molecule has 2 aliphatic heterocycles. The highest BCUT2D eigenvalue weighted by atomic mass is 16.2. The van der Waals surface area contributed by atoms with Crippen molar-refractivity contribution in [1.82, 2.24) is 10.3 Å². The van der Waals surface area contributed by atoms with Crippen molar-refractivity contribution in [3.63, 3.8) is 0 Å². The van der Waals surface area contributed by atoms with Gasteiger partial charge in [0.25, 0.3) is 0 Å². The summed E-state index contributed by atoms with van der Waals surface area (Å²) in [6.45, 7) is 3.03. The fraction of sp³-hybridized carbons (Fsp3) is 0.458. The zero-order valence-electron chi connectivity index (χ0n) is 17.3. The van der Waals surface area contributed by atoms with Crippen LogP contribution in [0.3, 0.4) is 0 Å². The van der Waals surface area contributed by atoms with Crippen LogP contribution in [0.1, 0.15) is 42.4 Å². The van der Waals surface area contributed by atoms with E-state index in [0.717, 1.165) is 43.0 Å². The Kier molecular flexibility index (Phi) is 5.15. The largest absolute Gasteiger partial charge is 0.357 e. The first kappa shape index (κ1) is 19.1. The van der Waals surface area contributed by atoms with Crippen molar-refractivity contribution in [3.05, 3.63) is 53.2 Å². The normalized spacial score (nSPS) is 20.7. The molecule has 2 saturated heterocycles. The number of carbonyl (C=O) groups is 2. The molecule has 1 aliphatic carbocycles. The highest BCUT2D eigenvalue weighted by Gasteiger charge is 2.35. The molecule has 0 saturated carbocycles. The number of nitrogens with one attached hydrogen (secondary N) is 1. The number of aryl methyl sites for hydroxylation is 2. The Morgan fingerprint density at radius 3 is 2.70 bits per heavy atom. The smallest absolute Gasteiger partial charge is 0.227 e. The minimum Gasteiger partial charge on any atom is -0.357 e. The fourth-order valence-corrected chi connectivity index (χ4v) is 4.85. The van der Waals surface area contributed by atoms with Crippen LogP contribution in [0.25, 0.3) is 0 Å². The lowest BCUT2D eigenvalue weighted by molar-refractivity contribution is -0.126. The zero-order chi connectivity index (χ0) is 20.5. The molecule has 1 N–H and O–H groups in total. The number of rotatable bonds is 5. The summed E-state index contributed by atoms with van der Waals surface area (Å²) in [5, 5.41) is 2.99. The summed E-state index contributed by atoms with van der Waals surface area (Å²) in [6.07, 6.45) is 7.96. The Morgan fingerprint density at radius 1 is 1.07 bits per heavy atom. The number of amides is 2. The molecule has 0 spiro atoms. The van der Waals surface area contributed by atoms with Crippen molar-refractivity contribution in [1.29, 1.82) is 0 Å². The molecule has 3 heterocycles. The fourth-order valence-electron chi connectivity index (χ4n) is 4.85. The predicted molar refractivity (Wildman–Crippen MR) is 116 cm³/mol. The Labute approximate surface area is 177 Å². The number of pyridine rings is 1. The summed E-state index contributed by atoms with van der Waals surface area (Å²) >= 11 is 0. The molecule has 0 radical (unpaired) electrons. The van der Waals surface area contributed by atoms with Crippen LogP contribution in [0, 0.1) is 5.92 Å². The summed E-state index contributed by atoms with van der Waals surface area (Å²) in [4.78, 5) is 33.8.